The van der Waals surface area contributed by atoms with Crippen LogP contribution < -0.4 is 0 Å². The van der Waals surface area contributed by atoms with Crippen LogP contribution in [0.1, 0.15) is 458 Å². The summed E-state index contributed by atoms with van der Waals surface area (Å²) in [4.78, 5) is 73.1. The van der Waals surface area contributed by atoms with Crippen molar-refractivity contribution in [3.8, 4) is 0 Å². The Balaban J connectivity index is 5.19. The van der Waals surface area contributed by atoms with Gasteiger partial charge in [0.15, 0.2) is 12.2 Å². The van der Waals surface area contributed by atoms with Gasteiger partial charge < -0.3 is 33.8 Å². The van der Waals surface area contributed by atoms with E-state index < -0.39 is 97.5 Å². The highest BCUT2D eigenvalue weighted by molar-refractivity contribution is 7.47. The average molecular weight is 1520 g/mol. The molecule has 3 N–H and O–H groups in total. The maximum atomic E-state index is 13.1. The highest BCUT2D eigenvalue weighted by Crippen LogP contribution is 2.45. The molecule has 17 nitrogen and oxygen atoms in total. The van der Waals surface area contributed by atoms with Crippen LogP contribution in [0.2, 0.25) is 0 Å². The fourth-order valence-corrected chi connectivity index (χ4v) is 14.9. The van der Waals surface area contributed by atoms with Crippen molar-refractivity contribution in [1.82, 2.24) is 0 Å². The lowest BCUT2D eigenvalue weighted by Crippen LogP contribution is -2.30. The topological polar surface area (TPSA) is 237 Å². The summed E-state index contributed by atoms with van der Waals surface area (Å²) in [7, 11) is -9.92. The van der Waals surface area contributed by atoms with Crippen molar-refractivity contribution in [1.29, 1.82) is 0 Å². The Hall–Kier alpha value is -1.94. The number of rotatable bonds is 85. The van der Waals surface area contributed by atoms with E-state index in [9.17, 15) is 43.2 Å². The van der Waals surface area contributed by atoms with Gasteiger partial charge in [-0.25, -0.2) is 9.13 Å². The molecule has 5 atom stereocenters. The number of carbonyl (C=O) groups excluding carboxylic acids is 4. The zero-order valence-electron chi connectivity index (χ0n) is 68.2. The van der Waals surface area contributed by atoms with E-state index in [1.54, 1.807) is 0 Å². The fraction of sp³-hybridized carbons (Fsp3) is 0.953. The number of aliphatic hydroxyl groups is 1. The molecule has 0 aromatic rings. The predicted molar refractivity (Wildman–Crippen MR) is 428 cm³/mol. The van der Waals surface area contributed by atoms with Gasteiger partial charge in [-0.2, -0.15) is 0 Å². The normalized spacial score (nSPS) is 13.8. The third-order valence-corrected chi connectivity index (χ3v) is 21.9. The Morgan fingerprint density at radius 3 is 0.654 bits per heavy atom. The average Bonchev–Trinajstić information content (AvgIpc) is 0.926. The van der Waals surface area contributed by atoms with Crippen molar-refractivity contribution < 1.29 is 80.2 Å². The lowest BCUT2D eigenvalue weighted by Gasteiger charge is -2.21. The summed E-state index contributed by atoms with van der Waals surface area (Å²) < 4.78 is 68.8. The van der Waals surface area contributed by atoms with Crippen molar-refractivity contribution in [2.24, 2.45) is 5.92 Å². The zero-order valence-corrected chi connectivity index (χ0v) is 70.0. The first kappa shape index (κ1) is 102. The number of esters is 4. The molecule has 0 saturated heterocycles. The minimum Gasteiger partial charge on any atom is -0.462 e. The fourth-order valence-electron chi connectivity index (χ4n) is 13.3. The first-order chi connectivity index (χ1) is 50.5. The standard InChI is InChI=1S/C85H166O17P2/c1-6-9-12-15-18-21-24-27-30-32-34-35-36-38-40-42-45-48-51-54-61-66-71-84(89)101-80(74-95-82(87)68-63-58-52-49-46-44-41-39-37-33-31-28-25-22-19-16-13-10-7-2)76-99-103(91,92)97-72-79(86)73-98-104(93,94)100-77-81(75-96-83(88)69-64-59-56-55-57-62-67-78(4)5)102-85(90)70-65-60-53-50-47-43-29-26-23-20-17-14-11-8-3/h78-81,86H,6-77H2,1-5H3,(H,91,92)(H,93,94)/t79-,80-,81-/m1/s1. The molecule has 0 radical (unpaired) electrons. The molecule has 0 aliphatic heterocycles. The van der Waals surface area contributed by atoms with Crippen molar-refractivity contribution in [2.75, 3.05) is 39.6 Å². The summed E-state index contributed by atoms with van der Waals surface area (Å²) in [6.45, 7) is 7.27. The molecule has 0 bridgehead atoms. The quantitative estimate of drug-likeness (QED) is 0.0222. The number of carbonyl (C=O) groups is 4. The maximum absolute atomic E-state index is 13.1. The molecule has 0 aliphatic carbocycles. The van der Waals surface area contributed by atoms with Crippen LogP contribution in [0.3, 0.4) is 0 Å². The van der Waals surface area contributed by atoms with Gasteiger partial charge >= 0.3 is 39.5 Å². The molecule has 0 aromatic carbocycles. The SMILES string of the molecule is CCCCCCCCCCCCCCCCCCCCCCCCC(=O)O[C@H](COC(=O)CCCCCCCCCCCCCCCCCCCCC)COP(=O)(O)OC[C@@H](O)COP(=O)(O)OC[C@@H](COC(=O)CCCCCCCCC(C)C)OC(=O)CCCCCCCCCCCCCCCC. The minimum atomic E-state index is -4.96. The zero-order chi connectivity index (χ0) is 76.2. The van der Waals surface area contributed by atoms with E-state index in [4.69, 9.17) is 37.0 Å². The highest BCUT2D eigenvalue weighted by Gasteiger charge is 2.30. The molecule has 0 spiro atoms. The molecule has 19 heteroatoms. The number of hydrogen-bond donors (Lipinski definition) is 3. The highest BCUT2D eigenvalue weighted by atomic mass is 31.2. The molecular formula is C85H166O17P2. The van der Waals surface area contributed by atoms with E-state index in [2.05, 4.69) is 34.6 Å². The van der Waals surface area contributed by atoms with Crippen LogP contribution in [-0.2, 0) is 65.4 Å². The van der Waals surface area contributed by atoms with Crippen LogP contribution >= 0.6 is 15.6 Å². The van der Waals surface area contributed by atoms with Crippen LogP contribution in [0, 0.1) is 5.92 Å². The van der Waals surface area contributed by atoms with Crippen molar-refractivity contribution in [2.45, 2.75) is 477 Å². The van der Waals surface area contributed by atoms with Gasteiger partial charge in [0, 0.05) is 25.7 Å². The van der Waals surface area contributed by atoms with Crippen LogP contribution in [-0.4, -0.2) is 96.7 Å². The molecule has 618 valence electrons. The maximum Gasteiger partial charge on any atom is 0.472 e. The molecule has 0 rings (SSSR count). The summed E-state index contributed by atoms with van der Waals surface area (Å²) in [6.07, 6.45) is 71.1. The second-order valence-electron chi connectivity index (χ2n) is 31.1. The first-order valence-electron chi connectivity index (χ1n) is 44.1. The molecule has 0 aliphatic rings. The third-order valence-electron chi connectivity index (χ3n) is 20.0. The Bertz CT molecular complexity index is 1980. The predicted octanol–water partition coefficient (Wildman–Crippen LogP) is 26.0. The monoisotopic (exact) mass is 1520 g/mol. The summed E-state index contributed by atoms with van der Waals surface area (Å²) in [5.41, 5.74) is 0. The minimum absolute atomic E-state index is 0.107. The first-order valence-corrected chi connectivity index (χ1v) is 47.1. The smallest absolute Gasteiger partial charge is 0.462 e. The lowest BCUT2D eigenvalue weighted by atomic mass is 10.0. The molecule has 0 saturated carbocycles. The number of ether oxygens (including phenoxy) is 4. The van der Waals surface area contributed by atoms with Crippen LogP contribution in [0.15, 0.2) is 0 Å². The summed E-state index contributed by atoms with van der Waals surface area (Å²) in [6, 6.07) is 0. The Kier molecular flexibility index (Phi) is 76.3. The van der Waals surface area contributed by atoms with Crippen molar-refractivity contribution in [3.63, 3.8) is 0 Å². The van der Waals surface area contributed by atoms with Gasteiger partial charge in [-0.1, -0.05) is 407 Å². The van der Waals surface area contributed by atoms with Gasteiger partial charge in [-0.3, -0.25) is 37.3 Å². The van der Waals surface area contributed by atoms with Crippen LogP contribution in [0.5, 0.6) is 0 Å². The lowest BCUT2D eigenvalue weighted by molar-refractivity contribution is -0.161. The Morgan fingerprint density at radius 2 is 0.442 bits per heavy atom. The molecule has 0 amide bonds. The van der Waals surface area contributed by atoms with Crippen molar-refractivity contribution >= 4 is 39.5 Å². The summed E-state index contributed by atoms with van der Waals surface area (Å²) >= 11 is 0. The van der Waals surface area contributed by atoms with Gasteiger partial charge in [0.25, 0.3) is 0 Å². The summed E-state index contributed by atoms with van der Waals surface area (Å²) in [5.74, 6) is -1.42. The number of hydrogen-bond acceptors (Lipinski definition) is 15. The molecular weight excluding hydrogens is 1350 g/mol. The third kappa shape index (κ3) is 78.2. The van der Waals surface area contributed by atoms with E-state index in [0.29, 0.717) is 31.6 Å². The number of phosphoric acid groups is 2. The van der Waals surface area contributed by atoms with E-state index >= 15 is 0 Å². The van der Waals surface area contributed by atoms with Gasteiger partial charge in [0.2, 0.25) is 0 Å². The summed E-state index contributed by atoms with van der Waals surface area (Å²) in [5, 5.41) is 10.7. The molecule has 104 heavy (non-hydrogen) atoms. The van der Waals surface area contributed by atoms with Gasteiger partial charge in [0.05, 0.1) is 26.4 Å². The van der Waals surface area contributed by atoms with E-state index in [-0.39, 0.29) is 25.7 Å². The van der Waals surface area contributed by atoms with Crippen LogP contribution in [0.4, 0.5) is 0 Å². The largest absolute Gasteiger partial charge is 0.472 e. The molecule has 0 heterocycles. The van der Waals surface area contributed by atoms with Gasteiger partial charge in [-0.15, -0.1) is 0 Å². The van der Waals surface area contributed by atoms with E-state index in [1.165, 1.54) is 276 Å². The molecule has 0 fully saturated rings. The van der Waals surface area contributed by atoms with Crippen molar-refractivity contribution in [3.05, 3.63) is 0 Å². The number of aliphatic hydroxyl groups excluding tert-OH is 1. The van der Waals surface area contributed by atoms with Gasteiger partial charge in [-0.05, 0) is 31.6 Å². The molecule has 0 aromatic heterocycles. The Labute approximate surface area is 638 Å². The second-order valence-corrected chi connectivity index (χ2v) is 34.0. The Morgan fingerprint density at radius 1 is 0.260 bits per heavy atom. The second kappa shape index (κ2) is 77.8. The van der Waals surface area contributed by atoms with E-state index in [0.717, 1.165) is 96.3 Å². The molecule has 2 unspecified atom stereocenters. The number of unbranched alkanes of at least 4 members (excludes halogenated alkanes) is 57. The number of phosphoric ester groups is 2. The van der Waals surface area contributed by atoms with Crippen LogP contribution in [0.25, 0.3) is 0 Å². The van der Waals surface area contributed by atoms with Gasteiger partial charge in [0.1, 0.15) is 19.3 Å². The van der Waals surface area contributed by atoms with E-state index in [1.807, 2.05) is 0 Å².